The first-order chi connectivity index (χ1) is 16.3. The lowest BCUT2D eigenvalue weighted by Gasteiger charge is -2.27. The molecule has 0 atom stereocenters. The second kappa shape index (κ2) is 9.36. The van der Waals surface area contributed by atoms with Gasteiger partial charge in [-0.05, 0) is 54.6 Å². The maximum Gasteiger partial charge on any atom is 0.264 e. The van der Waals surface area contributed by atoms with E-state index in [2.05, 4.69) is 10.7 Å². The lowest BCUT2D eigenvalue weighted by atomic mass is 10.1. The highest BCUT2D eigenvalue weighted by Crippen LogP contribution is 2.24. The maximum atomic E-state index is 13.0. The predicted octanol–water partition coefficient (Wildman–Crippen LogP) is 2.92. The minimum atomic E-state index is -3.83. The number of anilines is 3. The molecule has 34 heavy (non-hydrogen) atoms. The van der Waals surface area contributed by atoms with Crippen molar-refractivity contribution in [2.24, 2.45) is 0 Å². The zero-order valence-electron chi connectivity index (χ0n) is 18.3. The predicted molar refractivity (Wildman–Crippen MR) is 128 cm³/mol. The second-order valence-corrected chi connectivity index (χ2v) is 9.57. The molecule has 4 rings (SSSR count). The van der Waals surface area contributed by atoms with Gasteiger partial charge in [0.15, 0.2) is 0 Å². The summed E-state index contributed by atoms with van der Waals surface area (Å²) < 4.78 is 27.2. The molecule has 0 bridgehead atoms. The molecule has 1 aliphatic heterocycles. The molecule has 1 fully saturated rings. The van der Waals surface area contributed by atoms with Crippen LogP contribution in [0.15, 0.2) is 83.8 Å². The molecular formula is C24H22N4O5S. The zero-order chi connectivity index (χ0) is 24.3. The second-order valence-electron chi connectivity index (χ2n) is 7.60. The summed E-state index contributed by atoms with van der Waals surface area (Å²) in [6.07, 6.45) is 0.262. The Hall–Kier alpha value is -4.18. The van der Waals surface area contributed by atoms with E-state index in [1.54, 1.807) is 54.6 Å². The molecule has 1 aliphatic rings. The average Bonchev–Trinajstić information content (AvgIpc) is 2.86. The number of carbonyl (C=O) groups is 3. The fraction of sp³-hybridized carbons (Fsp3) is 0.125. The molecule has 0 aliphatic carbocycles. The van der Waals surface area contributed by atoms with Crippen LogP contribution in [0.1, 0.15) is 23.2 Å². The first-order valence-corrected chi connectivity index (χ1v) is 11.9. The van der Waals surface area contributed by atoms with Gasteiger partial charge in [-0.2, -0.15) is 0 Å². The van der Waals surface area contributed by atoms with Crippen molar-refractivity contribution in [3.05, 3.63) is 84.4 Å². The third-order valence-electron chi connectivity index (χ3n) is 5.31. The van der Waals surface area contributed by atoms with Crippen molar-refractivity contribution < 1.29 is 22.8 Å². The molecule has 0 radical (unpaired) electrons. The number of sulfonamides is 1. The summed E-state index contributed by atoms with van der Waals surface area (Å²) in [5, 5.41) is 3.85. The van der Waals surface area contributed by atoms with Gasteiger partial charge in [-0.15, -0.1) is 0 Å². The number of carbonyl (C=O) groups excluding carboxylic acids is 3. The summed E-state index contributed by atoms with van der Waals surface area (Å²) >= 11 is 0. The van der Waals surface area contributed by atoms with Gasteiger partial charge in [-0.3, -0.25) is 24.1 Å². The van der Waals surface area contributed by atoms with E-state index in [0.717, 1.165) is 5.01 Å². The van der Waals surface area contributed by atoms with Crippen molar-refractivity contribution in [2.75, 3.05) is 21.7 Å². The van der Waals surface area contributed by atoms with Gasteiger partial charge in [0.25, 0.3) is 15.9 Å². The van der Waals surface area contributed by atoms with Crippen molar-refractivity contribution in [2.45, 2.75) is 17.7 Å². The number of hydrogen-bond donors (Lipinski definition) is 2. The van der Waals surface area contributed by atoms with Crippen LogP contribution in [-0.2, 0) is 19.6 Å². The summed E-state index contributed by atoms with van der Waals surface area (Å²) in [4.78, 5) is 36.4. The number of amides is 3. The monoisotopic (exact) mass is 478 g/mol. The highest BCUT2D eigenvalue weighted by atomic mass is 32.2. The first-order valence-electron chi connectivity index (χ1n) is 10.4. The Labute approximate surface area is 197 Å². The lowest BCUT2D eigenvalue weighted by Crippen LogP contribution is -2.50. The number of rotatable bonds is 6. The smallest absolute Gasteiger partial charge is 0.264 e. The highest BCUT2D eigenvalue weighted by molar-refractivity contribution is 7.92. The van der Waals surface area contributed by atoms with E-state index >= 15 is 0 Å². The highest BCUT2D eigenvalue weighted by Gasteiger charge is 2.25. The number of nitrogens with one attached hydrogen (secondary N) is 2. The summed E-state index contributed by atoms with van der Waals surface area (Å²) in [6, 6.07) is 20.8. The van der Waals surface area contributed by atoms with Crippen LogP contribution in [0.4, 0.5) is 17.1 Å². The molecule has 10 heteroatoms. The topological polar surface area (TPSA) is 116 Å². The van der Waals surface area contributed by atoms with E-state index in [4.69, 9.17) is 0 Å². The van der Waals surface area contributed by atoms with E-state index in [1.807, 2.05) is 0 Å². The summed E-state index contributed by atoms with van der Waals surface area (Å²) in [5.74, 6) is -0.948. The maximum absolute atomic E-state index is 13.0. The summed E-state index contributed by atoms with van der Waals surface area (Å²) in [6.45, 7) is 0. The Morgan fingerprint density at radius 3 is 2.35 bits per heavy atom. The summed E-state index contributed by atoms with van der Waals surface area (Å²) in [7, 11) is -2.37. The SMILES string of the molecule is CN(c1ccccc1)S(=O)(=O)c1cccc(NC(=O)c2ccc(N3NC(=O)CCC3=O)cc2)c1. The van der Waals surface area contributed by atoms with Gasteiger partial charge in [0.1, 0.15) is 0 Å². The third-order valence-corrected chi connectivity index (χ3v) is 7.09. The van der Waals surface area contributed by atoms with E-state index in [-0.39, 0.29) is 29.6 Å². The molecule has 174 valence electrons. The van der Waals surface area contributed by atoms with Crippen molar-refractivity contribution in [3.8, 4) is 0 Å². The van der Waals surface area contributed by atoms with Crippen molar-refractivity contribution >= 4 is 44.8 Å². The van der Waals surface area contributed by atoms with E-state index < -0.39 is 15.9 Å². The molecule has 2 N–H and O–H groups in total. The Balaban J connectivity index is 1.49. The largest absolute Gasteiger partial charge is 0.322 e. The number of benzene rings is 3. The summed E-state index contributed by atoms with van der Waals surface area (Å²) in [5.41, 5.74) is 4.06. The van der Waals surface area contributed by atoms with Gasteiger partial charge in [0.05, 0.1) is 16.3 Å². The van der Waals surface area contributed by atoms with Crippen molar-refractivity contribution in [3.63, 3.8) is 0 Å². The van der Waals surface area contributed by atoms with Gasteiger partial charge in [-0.1, -0.05) is 24.3 Å². The van der Waals surface area contributed by atoms with Crippen molar-refractivity contribution in [1.82, 2.24) is 5.43 Å². The Bertz CT molecular complexity index is 1340. The van der Waals surface area contributed by atoms with Crippen LogP contribution < -0.4 is 20.1 Å². The molecule has 9 nitrogen and oxygen atoms in total. The number of para-hydroxylation sites is 1. The first kappa shape index (κ1) is 23.0. The van der Waals surface area contributed by atoms with E-state index in [0.29, 0.717) is 22.6 Å². The van der Waals surface area contributed by atoms with Crippen molar-refractivity contribution in [1.29, 1.82) is 0 Å². The standard InChI is InChI=1S/C24H22N4O5S/c1-27(19-7-3-2-4-8-19)34(32,33)21-9-5-6-18(16-21)25-24(31)17-10-12-20(13-11-17)28-23(30)15-14-22(29)26-28/h2-13,16H,14-15H2,1H3,(H,25,31)(H,26,29). The molecule has 0 saturated carbocycles. The molecule has 0 unspecified atom stereocenters. The van der Waals surface area contributed by atoms with Gasteiger partial charge < -0.3 is 5.32 Å². The molecule has 1 saturated heterocycles. The molecule has 1 heterocycles. The lowest BCUT2D eigenvalue weighted by molar-refractivity contribution is -0.130. The van der Waals surface area contributed by atoms with Crippen LogP contribution in [0.5, 0.6) is 0 Å². The van der Waals surface area contributed by atoms with Crippen LogP contribution in [-0.4, -0.2) is 33.2 Å². The van der Waals surface area contributed by atoms with Crippen LogP contribution in [0.3, 0.4) is 0 Å². The van der Waals surface area contributed by atoms with Crippen LogP contribution in [0.25, 0.3) is 0 Å². The quantitative estimate of drug-likeness (QED) is 0.565. The molecular weight excluding hydrogens is 456 g/mol. The number of nitrogens with zero attached hydrogens (tertiary/aromatic N) is 2. The Morgan fingerprint density at radius 1 is 0.941 bits per heavy atom. The van der Waals surface area contributed by atoms with Gasteiger partial charge in [-0.25, -0.2) is 13.4 Å². The molecule has 0 spiro atoms. The Morgan fingerprint density at radius 2 is 1.65 bits per heavy atom. The molecule has 3 amide bonds. The minimum absolute atomic E-state index is 0.0337. The van der Waals surface area contributed by atoms with Gasteiger partial charge >= 0.3 is 0 Å². The molecule has 3 aromatic carbocycles. The van der Waals surface area contributed by atoms with E-state index in [1.165, 1.54) is 35.6 Å². The average molecular weight is 479 g/mol. The zero-order valence-corrected chi connectivity index (χ0v) is 19.1. The van der Waals surface area contributed by atoms with Crippen LogP contribution in [0.2, 0.25) is 0 Å². The molecule has 0 aromatic heterocycles. The number of hydrazine groups is 1. The minimum Gasteiger partial charge on any atom is -0.322 e. The third kappa shape index (κ3) is 4.76. The van der Waals surface area contributed by atoms with Gasteiger partial charge in [0, 0.05) is 31.1 Å². The Kier molecular flexibility index (Phi) is 6.33. The fourth-order valence-corrected chi connectivity index (χ4v) is 4.66. The normalized spacial score (nSPS) is 13.9. The van der Waals surface area contributed by atoms with Crippen LogP contribution >= 0.6 is 0 Å². The fourth-order valence-electron chi connectivity index (χ4n) is 3.42. The van der Waals surface area contributed by atoms with Crippen LogP contribution in [0, 0.1) is 0 Å². The molecule has 3 aromatic rings. The van der Waals surface area contributed by atoms with Gasteiger partial charge in [0.2, 0.25) is 11.8 Å². The van der Waals surface area contributed by atoms with E-state index in [9.17, 15) is 22.8 Å². The number of hydrogen-bond acceptors (Lipinski definition) is 5.